The first-order chi connectivity index (χ1) is 7.12. The molecule has 88 valence electrons. The molecule has 0 heterocycles. The summed E-state index contributed by atoms with van der Waals surface area (Å²) in [7, 11) is 0. The van der Waals surface area contributed by atoms with Crippen LogP contribution in [0.1, 0.15) is 31.9 Å². The first kappa shape index (κ1) is 12.8. The second-order valence-corrected chi connectivity index (χ2v) is 4.80. The van der Waals surface area contributed by atoms with Crippen LogP contribution in [0.4, 0.5) is 13.2 Å². The fraction of sp³-hybridized carbons (Fsp3) is 0.385. The molecule has 0 spiro atoms. The highest BCUT2D eigenvalue weighted by Gasteiger charge is 2.32. The van der Waals surface area contributed by atoms with Crippen molar-refractivity contribution in [1.29, 1.82) is 0 Å². The Labute approximate surface area is 93.8 Å². The molecule has 0 N–H and O–H groups in total. The highest BCUT2D eigenvalue weighted by atomic mass is 19.4. The molecule has 0 nitrogen and oxygen atoms in total. The van der Waals surface area contributed by atoms with Crippen molar-refractivity contribution >= 4 is 5.57 Å². The Morgan fingerprint density at radius 2 is 1.44 bits per heavy atom. The SMILES string of the molecule is C=C(c1ccc(C(C)(C)C)cc1)C(F)(F)F. The minimum Gasteiger partial charge on any atom is -0.166 e. The summed E-state index contributed by atoms with van der Waals surface area (Å²) in [6, 6.07) is 6.37. The van der Waals surface area contributed by atoms with Gasteiger partial charge in [0.1, 0.15) is 0 Å². The van der Waals surface area contributed by atoms with E-state index in [1.165, 1.54) is 12.1 Å². The first-order valence-corrected chi connectivity index (χ1v) is 4.99. The summed E-state index contributed by atoms with van der Waals surface area (Å²) >= 11 is 0. The van der Waals surface area contributed by atoms with Gasteiger partial charge in [-0.05, 0) is 16.5 Å². The smallest absolute Gasteiger partial charge is 0.166 e. The third-order valence-electron chi connectivity index (χ3n) is 2.44. The third-order valence-corrected chi connectivity index (χ3v) is 2.44. The lowest BCUT2D eigenvalue weighted by atomic mass is 9.86. The summed E-state index contributed by atoms with van der Waals surface area (Å²) in [5.74, 6) is 0. The third kappa shape index (κ3) is 2.87. The number of rotatable bonds is 1. The predicted molar refractivity (Wildman–Crippen MR) is 60.2 cm³/mol. The molecule has 0 saturated heterocycles. The van der Waals surface area contributed by atoms with Gasteiger partial charge in [0, 0.05) is 0 Å². The Hall–Kier alpha value is -1.25. The largest absolute Gasteiger partial charge is 0.416 e. The Morgan fingerprint density at radius 3 is 1.75 bits per heavy atom. The molecule has 0 aliphatic heterocycles. The predicted octanol–water partition coefficient (Wildman–Crippen LogP) is 4.56. The lowest BCUT2D eigenvalue weighted by Crippen LogP contribution is -2.12. The minimum absolute atomic E-state index is 0.0574. The summed E-state index contributed by atoms with van der Waals surface area (Å²) in [5.41, 5.74) is 0.276. The quantitative estimate of drug-likeness (QED) is 0.661. The number of alkyl halides is 3. The second-order valence-electron chi connectivity index (χ2n) is 4.80. The highest BCUT2D eigenvalue weighted by Crippen LogP contribution is 2.33. The van der Waals surface area contributed by atoms with Gasteiger partial charge < -0.3 is 0 Å². The van der Waals surface area contributed by atoms with E-state index in [-0.39, 0.29) is 11.0 Å². The van der Waals surface area contributed by atoms with Crippen LogP contribution in [0.2, 0.25) is 0 Å². The van der Waals surface area contributed by atoms with Gasteiger partial charge in [0.2, 0.25) is 0 Å². The molecule has 0 aliphatic carbocycles. The van der Waals surface area contributed by atoms with Crippen LogP contribution < -0.4 is 0 Å². The molecule has 0 radical (unpaired) electrons. The maximum atomic E-state index is 12.4. The molecular weight excluding hydrogens is 213 g/mol. The van der Waals surface area contributed by atoms with Crippen molar-refractivity contribution < 1.29 is 13.2 Å². The Balaban J connectivity index is 3.01. The zero-order valence-electron chi connectivity index (χ0n) is 9.65. The fourth-order valence-corrected chi connectivity index (χ4v) is 1.34. The topological polar surface area (TPSA) is 0 Å². The lowest BCUT2D eigenvalue weighted by Gasteiger charge is -2.19. The zero-order chi connectivity index (χ0) is 12.6. The van der Waals surface area contributed by atoms with Gasteiger partial charge in [-0.25, -0.2) is 0 Å². The molecule has 0 amide bonds. The molecule has 0 atom stereocenters. The number of hydrogen-bond donors (Lipinski definition) is 0. The summed E-state index contributed by atoms with van der Waals surface area (Å²) in [6.07, 6.45) is -4.36. The van der Waals surface area contributed by atoms with Crippen molar-refractivity contribution in [3.05, 3.63) is 42.0 Å². The average Bonchev–Trinajstić information content (AvgIpc) is 2.14. The van der Waals surface area contributed by atoms with Crippen molar-refractivity contribution in [1.82, 2.24) is 0 Å². The van der Waals surface area contributed by atoms with E-state index >= 15 is 0 Å². The van der Waals surface area contributed by atoms with Crippen molar-refractivity contribution in [2.24, 2.45) is 0 Å². The lowest BCUT2D eigenvalue weighted by molar-refractivity contribution is -0.0686. The summed E-state index contributed by atoms with van der Waals surface area (Å²) < 4.78 is 37.1. The van der Waals surface area contributed by atoms with Gasteiger partial charge in [-0.2, -0.15) is 13.2 Å². The molecule has 1 aromatic carbocycles. The van der Waals surface area contributed by atoms with E-state index in [0.29, 0.717) is 0 Å². The van der Waals surface area contributed by atoms with Crippen molar-refractivity contribution in [3.63, 3.8) is 0 Å². The fourth-order valence-electron chi connectivity index (χ4n) is 1.34. The number of hydrogen-bond acceptors (Lipinski definition) is 0. The van der Waals surface area contributed by atoms with Gasteiger partial charge in [0.15, 0.2) is 0 Å². The molecule has 16 heavy (non-hydrogen) atoms. The standard InChI is InChI=1S/C13H15F3/c1-9(13(14,15)16)10-5-7-11(8-6-10)12(2,3)4/h5-8H,1H2,2-4H3. The van der Waals surface area contributed by atoms with Crippen LogP contribution in [0.15, 0.2) is 30.8 Å². The maximum Gasteiger partial charge on any atom is 0.416 e. The highest BCUT2D eigenvalue weighted by molar-refractivity contribution is 5.67. The number of halogens is 3. The Morgan fingerprint density at radius 1 is 1.00 bits per heavy atom. The van der Waals surface area contributed by atoms with Crippen molar-refractivity contribution in [2.75, 3.05) is 0 Å². The van der Waals surface area contributed by atoms with Gasteiger partial charge >= 0.3 is 6.18 Å². The molecule has 0 unspecified atom stereocenters. The number of allylic oxidation sites excluding steroid dienone is 1. The van der Waals surface area contributed by atoms with E-state index in [2.05, 4.69) is 6.58 Å². The Kier molecular flexibility index (Phi) is 3.17. The number of benzene rings is 1. The van der Waals surface area contributed by atoms with Crippen LogP contribution in [0.25, 0.3) is 5.57 Å². The molecule has 3 heteroatoms. The van der Waals surface area contributed by atoms with Crippen molar-refractivity contribution in [2.45, 2.75) is 32.4 Å². The van der Waals surface area contributed by atoms with Crippen LogP contribution >= 0.6 is 0 Å². The van der Waals surface area contributed by atoms with E-state index in [4.69, 9.17) is 0 Å². The van der Waals surface area contributed by atoms with Crippen LogP contribution in [0.5, 0.6) is 0 Å². The molecule has 1 aromatic rings. The van der Waals surface area contributed by atoms with E-state index in [1.807, 2.05) is 20.8 Å². The summed E-state index contributed by atoms with van der Waals surface area (Å²) in [4.78, 5) is 0. The van der Waals surface area contributed by atoms with Gasteiger partial charge in [-0.15, -0.1) is 0 Å². The van der Waals surface area contributed by atoms with Gasteiger partial charge in [0.25, 0.3) is 0 Å². The van der Waals surface area contributed by atoms with E-state index in [1.54, 1.807) is 12.1 Å². The average molecular weight is 228 g/mol. The van der Waals surface area contributed by atoms with Crippen LogP contribution in [-0.2, 0) is 5.41 Å². The Bertz CT molecular complexity index is 377. The monoisotopic (exact) mass is 228 g/mol. The minimum atomic E-state index is -4.36. The van der Waals surface area contributed by atoms with Gasteiger partial charge in [0.05, 0.1) is 5.57 Å². The molecule has 0 saturated carbocycles. The summed E-state index contributed by atoms with van der Waals surface area (Å²) in [6.45, 7) is 9.11. The van der Waals surface area contributed by atoms with Gasteiger partial charge in [-0.1, -0.05) is 51.6 Å². The van der Waals surface area contributed by atoms with Crippen LogP contribution in [-0.4, -0.2) is 6.18 Å². The van der Waals surface area contributed by atoms with Gasteiger partial charge in [-0.3, -0.25) is 0 Å². The molecule has 0 fully saturated rings. The summed E-state index contributed by atoms with van der Waals surface area (Å²) in [5, 5.41) is 0. The van der Waals surface area contributed by atoms with E-state index < -0.39 is 11.7 Å². The van der Waals surface area contributed by atoms with E-state index in [9.17, 15) is 13.2 Å². The maximum absolute atomic E-state index is 12.4. The molecule has 1 rings (SSSR count). The van der Waals surface area contributed by atoms with E-state index in [0.717, 1.165) is 5.56 Å². The molecule has 0 aromatic heterocycles. The first-order valence-electron chi connectivity index (χ1n) is 4.99. The molecule has 0 aliphatic rings. The molecule has 0 bridgehead atoms. The zero-order valence-corrected chi connectivity index (χ0v) is 9.65. The second kappa shape index (κ2) is 3.96. The van der Waals surface area contributed by atoms with Crippen LogP contribution in [0, 0.1) is 0 Å². The normalized spacial score (nSPS) is 12.6. The van der Waals surface area contributed by atoms with Crippen molar-refractivity contribution in [3.8, 4) is 0 Å². The molecular formula is C13H15F3. The van der Waals surface area contributed by atoms with Crippen LogP contribution in [0.3, 0.4) is 0 Å².